The summed E-state index contributed by atoms with van der Waals surface area (Å²) in [4.78, 5) is 20.1. The molecule has 0 atom stereocenters. The second-order valence-corrected chi connectivity index (χ2v) is 2.44. The van der Waals surface area contributed by atoms with Crippen LogP contribution >= 0.6 is 0 Å². The molecule has 1 aromatic carbocycles. The summed E-state index contributed by atoms with van der Waals surface area (Å²) >= 11 is 0. The quantitative estimate of drug-likeness (QED) is 0.398. The van der Waals surface area contributed by atoms with E-state index >= 15 is 0 Å². The van der Waals surface area contributed by atoms with Crippen LogP contribution in [0.25, 0.3) is 0 Å². The number of carbonyl (C=O) groups is 1. The predicted octanol–water partition coefficient (Wildman–Crippen LogP) is 0.489. The van der Waals surface area contributed by atoms with Crippen LogP contribution in [-0.4, -0.2) is 18.3 Å². The Hall–Kier alpha value is -2.11. The first-order valence-electron chi connectivity index (χ1n) is 3.58. The van der Waals surface area contributed by atoms with Crippen molar-refractivity contribution in [2.24, 2.45) is 0 Å². The van der Waals surface area contributed by atoms with Crippen molar-refractivity contribution in [2.75, 3.05) is 7.11 Å². The van der Waals surface area contributed by atoms with Gasteiger partial charge in [0.1, 0.15) is 6.29 Å². The molecule has 14 heavy (non-hydrogen) atoms. The molecule has 0 unspecified atom stereocenters. The van der Waals surface area contributed by atoms with Crippen LogP contribution in [0.3, 0.4) is 0 Å². The van der Waals surface area contributed by atoms with Crippen LogP contribution in [0, 0.1) is 10.1 Å². The van der Waals surface area contributed by atoms with Gasteiger partial charge in [0.15, 0.2) is 5.75 Å². The summed E-state index contributed by atoms with van der Waals surface area (Å²) in [5.74, 6) is -0.743. The van der Waals surface area contributed by atoms with Crippen molar-refractivity contribution in [3.63, 3.8) is 0 Å². The van der Waals surface area contributed by atoms with Gasteiger partial charge in [0.05, 0.1) is 12.0 Å². The van der Waals surface area contributed by atoms with E-state index < -0.39 is 16.4 Å². The van der Waals surface area contributed by atoms with Gasteiger partial charge in [0, 0.05) is 11.6 Å². The molecule has 6 nitrogen and oxygen atoms in total. The minimum atomic E-state index is -0.717. The van der Waals surface area contributed by atoms with E-state index in [1.807, 2.05) is 0 Å². The molecule has 0 saturated heterocycles. The van der Waals surface area contributed by atoms with Crippen LogP contribution in [0.4, 0.5) is 5.69 Å². The van der Waals surface area contributed by atoms with Crippen LogP contribution in [0.5, 0.6) is 11.5 Å². The van der Waals surface area contributed by atoms with Crippen molar-refractivity contribution in [3.8, 4) is 11.5 Å². The molecule has 0 aliphatic heterocycles. The third kappa shape index (κ3) is 1.63. The maximum Gasteiger partial charge on any atom is 0.311 e. The van der Waals surface area contributed by atoms with Gasteiger partial charge in [-0.1, -0.05) is 5.75 Å². The van der Waals surface area contributed by atoms with Crippen LogP contribution in [0.15, 0.2) is 12.1 Å². The molecule has 74 valence electrons. The average Bonchev–Trinajstić information content (AvgIpc) is 2.16. The minimum Gasteiger partial charge on any atom is -0.872 e. The monoisotopic (exact) mass is 196 g/mol. The molecule has 0 saturated carbocycles. The molecule has 0 spiro atoms. The third-order valence-corrected chi connectivity index (χ3v) is 1.63. The first kappa shape index (κ1) is 9.97. The topological polar surface area (TPSA) is 92.5 Å². The number of carbonyl (C=O) groups excluding carboxylic acids is 1. The standard InChI is InChI=1S/C8H7NO5/c1-14-8-3-7(11)5(4-10)2-6(8)9(12)13/h2-4,11H,1H3/p-1. The number of nitro benzene ring substituents is 1. The molecule has 1 aromatic rings. The van der Waals surface area contributed by atoms with Crippen molar-refractivity contribution in [1.29, 1.82) is 0 Å². The Kier molecular flexibility index (Phi) is 2.66. The molecule has 1 rings (SSSR count). The molecule has 0 aliphatic rings. The highest BCUT2D eigenvalue weighted by Crippen LogP contribution is 2.31. The summed E-state index contributed by atoms with van der Waals surface area (Å²) < 4.78 is 4.63. The molecule has 0 heterocycles. The van der Waals surface area contributed by atoms with Gasteiger partial charge in [0.2, 0.25) is 0 Å². The number of nitrogens with zero attached hydrogens (tertiary/aromatic N) is 1. The van der Waals surface area contributed by atoms with Gasteiger partial charge >= 0.3 is 5.69 Å². The first-order valence-corrected chi connectivity index (χ1v) is 3.58. The van der Waals surface area contributed by atoms with E-state index in [-0.39, 0.29) is 17.6 Å². The van der Waals surface area contributed by atoms with E-state index in [2.05, 4.69) is 4.74 Å². The molecule has 0 aliphatic carbocycles. The Bertz CT molecular complexity index is 388. The zero-order chi connectivity index (χ0) is 10.7. The number of nitro groups is 1. The van der Waals surface area contributed by atoms with Gasteiger partial charge in [0.25, 0.3) is 0 Å². The highest BCUT2D eigenvalue weighted by Gasteiger charge is 2.15. The number of aldehydes is 1. The van der Waals surface area contributed by atoms with Crippen LogP contribution in [-0.2, 0) is 0 Å². The maximum absolute atomic E-state index is 11.1. The van der Waals surface area contributed by atoms with E-state index in [0.717, 1.165) is 12.1 Å². The Morgan fingerprint density at radius 3 is 2.57 bits per heavy atom. The summed E-state index contributed by atoms with van der Waals surface area (Å²) in [6.07, 6.45) is 0.273. The van der Waals surface area contributed by atoms with Crippen molar-refractivity contribution < 1.29 is 19.6 Å². The molecule has 0 fully saturated rings. The summed E-state index contributed by atoms with van der Waals surface area (Å²) in [6.45, 7) is 0. The molecule has 0 amide bonds. The molecule has 0 aromatic heterocycles. The van der Waals surface area contributed by atoms with Crippen LogP contribution < -0.4 is 9.84 Å². The van der Waals surface area contributed by atoms with Gasteiger partial charge in [-0.3, -0.25) is 14.9 Å². The van der Waals surface area contributed by atoms with Crippen LogP contribution in [0.1, 0.15) is 10.4 Å². The lowest BCUT2D eigenvalue weighted by Gasteiger charge is -2.10. The van der Waals surface area contributed by atoms with Crippen LogP contribution in [0.2, 0.25) is 0 Å². The fourth-order valence-corrected chi connectivity index (χ4v) is 0.964. The smallest absolute Gasteiger partial charge is 0.311 e. The Labute approximate surface area is 78.9 Å². The fourth-order valence-electron chi connectivity index (χ4n) is 0.964. The van der Waals surface area contributed by atoms with Crippen molar-refractivity contribution in [1.82, 2.24) is 0 Å². The number of rotatable bonds is 3. The number of hydrogen-bond donors (Lipinski definition) is 0. The van der Waals surface area contributed by atoms with E-state index in [4.69, 9.17) is 0 Å². The zero-order valence-corrected chi connectivity index (χ0v) is 7.22. The highest BCUT2D eigenvalue weighted by molar-refractivity contribution is 5.81. The predicted molar refractivity (Wildman–Crippen MR) is 44.5 cm³/mol. The fraction of sp³-hybridized carbons (Fsp3) is 0.125. The zero-order valence-electron chi connectivity index (χ0n) is 7.22. The first-order chi connectivity index (χ1) is 6.60. The van der Waals surface area contributed by atoms with E-state index in [9.17, 15) is 20.0 Å². The molecule has 6 heteroatoms. The Morgan fingerprint density at radius 2 is 2.14 bits per heavy atom. The van der Waals surface area contributed by atoms with Gasteiger partial charge in [-0.2, -0.15) is 0 Å². The van der Waals surface area contributed by atoms with Gasteiger partial charge in [-0.25, -0.2) is 0 Å². The van der Waals surface area contributed by atoms with Crippen molar-refractivity contribution in [2.45, 2.75) is 0 Å². The Balaban J connectivity index is 3.39. The lowest BCUT2D eigenvalue weighted by Crippen LogP contribution is -2.00. The molecule has 0 bridgehead atoms. The normalized spacial score (nSPS) is 9.50. The number of ether oxygens (including phenoxy) is 1. The number of hydrogen-bond acceptors (Lipinski definition) is 5. The van der Waals surface area contributed by atoms with E-state index in [1.54, 1.807) is 0 Å². The van der Waals surface area contributed by atoms with E-state index in [0.29, 0.717) is 0 Å². The van der Waals surface area contributed by atoms with Crippen molar-refractivity contribution >= 4 is 12.0 Å². The summed E-state index contributed by atoms with van der Waals surface area (Å²) in [5.41, 5.74) is -0.647. The van der Waals surface area contributed by atoms with Gasteiger partial charge < -0.3 is 9.84 Å². The third-order valence-electron chi connectivity index (χ3n) is 1.63. The lowest BCUT2D eigenvalue weighted by atomic mass is 10.2. The largest absolute Gasteiger partial charge is 0.872 e. The molecular formula is C8H6NO5-. The van der Waals surface area contributed by atoms with Gasteiger partial charge in [-0.15, -0.1) is 0 Å². The summed E-state index contributed by atoms with van der Waals surface area (Å²) in [6, 6.07) is 1.82. The maximum atomic E-state index is 11.1. The Morgan fingerprint density at radius 1 is 1.50 bits per heavy atom. The number of methoxy groups -OCH3 is 1. The lowest BCUT2D eigenvalue weighted by molar-refractivity contribution is -0.386. The van der Waals surface area contributed by atoms with Gasteiger partial charge in [-0.05, 0) is 6.07 Å². The van der Waals surface area contributed by atoms with E-state index in [1.165, 1.54) is 7.11 Å². The SMILES string of the molecule is COc1cc([O-])c(C=O)cc1[N+](=O)[O-]. The summed E-state index contributed by atoms with van der Waals surface area (Å²) in [5, 5.41) is 21.5. The van der Waals surface area contributed by atoms with Crippen molar-refractivity contribution in [3.05, 3.63) is 27.8 Å². The second kappa shape index (κ2) is 3.73. The average molecular weight is 196 g/mol. The minimum absolute atomic E-state index is 0.148. The highest BCUT2D eigenvalue weighted by atomic mass is 16.6. The summed E-state index contributed by atoms with van der Waals surface area (Å²) in [7, 11) is 1.21. The molecular weight excluding hydrogens is 190 g/mol. The number of benzene rings is 1. The molecule has 0 N–H and O–H groups in total. The second-order valence-electron chi connectivity index (χ2n) is 2.44. The molecule has 0 radical (unpaired) electrons.